The number of hydrogen-bond donors (Lipinski definition) is 0. The van der Waals surface area contributed by atoms with E-state index in [1.54, 1.807) is 43.5 Å². The summed E-state index contributed by atoms with van der Waals surface area (Å²) in [5.74, 6) is 0.801. The first kappa shape index (κ1) is 18.2. The average Bonchev–Trinajstić information content (AvgIpc) is 2.76. The van der Waals surface area contributed by atoms with E-state index >= 15 is 0 Å². The Hall–Kier alpha value is -4.13. The molecule has 0 radical (unpaired) electrons. The van der Waals surface area contributed by atoms with Crippen molar-refractivity contribution in [2.75, 3.05) is 7.11 Å². The summed E-state index contributed by atoms with van der Waals surface area (Å²) in [5.41, 5.74) is 0.290. The third kappa shape index (κ3) is 3.93. The summed E-state index contributed by atoms with van der Waals surface area (Å²) >= 11 is 0. The monoisotopic (exact) mass is 389 g/mol. The molecule has 0 N–H and O–H groups in total. The molecule has 2 aromatic carbocycles. The summed E-state index contributed by atoms with van der Waals surface area (Å²) in [6, 6.07) is 14.5. The summed E-state index contributed by atoms with van der Waals surface area (Å²) in [5, 5.41) is 0.300. The number of methoxy groups -OCH3 is 1. The van der Waals surface area contributed by atoms with E-state index in [-0.39, 0.29) is 22.5 Å². The number of esters is 1. The van der Waals surface area contributed by atoms with E-state index in [0.29, 0.717) is 22.4 Å². The lowest BCUT2D eigenvalue weighted by molar-refractivity contribution is 0.0735. The van der Waals surface area contributed by atoms with Gasteiger partial charge in [0.1, 0.15) is 29.1 Å². The van der Waals surface area contributed by atoms with E-state index in [9.17, 15) is 9.59 Å². The van der Waals surface area contributed by atoms with Crippen LogP contribution in [0, 0.1) is 0 Å². The van der Waals surface area contributed by atoms with E-state index in [1.807, 2.05) is 0 Å². The largest absolute Gasteiger partial charge is 0.497 e. The second-order valence-electron chi connectivity index (χ2n) is 5.99. The Bertz CT molecular complexity index is 1230. The van der Waals surface area contributed by atoms with Gasteiger partial charge in [0.15, 0.2) is 0 Å². The Morgan fingerprint density at radius 3 is 2.55 bits per heavy atom. The van der Waals surface area contributed by atoms with Gasteiger partial charge in [0.2, 0.25) is 11.2 Å². The maximum absolute atomic E-state index is 12.7. The van der Waals surface area contributed by atoms with E-state index in [2.05, 4.69) is 4.98 Å². The van der Waals surface area contributed by atoms with Crippen LogP contribution >= 0.6 is 0 Å². The fourth-order valence-corrected chi connectivity index (χ4v) is 2.67. The second kappa shape index (κ2) is 7.85. The average molecular weight is 389 g/mol. The summed E-state index contributed by atoms with van der Waals surface area (Å²) < 4.78 is 21.6. The molecule has 2 aromatic heterocycles. The molecule has 0 saturated carbocycles. The van der Waals surface area contributed by atoms with Crippen LogP contribution in [-0.2, 0) is 0 Å². The summed E-state index contributed by atoms with van der Waals surface area (Å²) in [7, 11) is 1.54. The molecule has 144 valence electrons. The third-order valence-corrected chi connectivity index (χ3v) is 4.11. The van der Waals surface area contributed by atoms with Gasteiger partial charge in [-0.05, 0) is 36.4 Å². The first-order chi connectivity index (χ1) is 14.1. The molecular formula is C22H15NO6. The molecule has 7 nitrogen and oxygen atoms in total. The van der Waals surface area contributed by atoms with Crippen molar-refractivity contribution in [1.29, 1.82) is 0 Å². The minimum atomic E-state index is -0.535. The van der Waals surface area contributed by atoms with Crippen LogP contribution in [0.3, 0.4) is 0 Å². The topological polar surface area (TPSA) is 87.9 Å². The van der Waals surface area contributed by atoms with Crippen molar-refractivity contribution in [2.45, 2.75) is 0 Å². The van der Waals surface area contributed by atoms with Gasteiger partial charge in [-0.2, -0.15) is 0 Å². The number of ether oxygens (including phenoxy) is 3. The van der Waals surface area contributed by atoms with Gasteiger partial charge in [0.25, 0.3) is 0 Å². The molecule has 0 saturated heterocycles. The van der Waals surface area contributed by atoms with Crippen LogP contribution in [0.1, 0.15) is 10.4 Å². The fraction of sp³-hybridized carbons (Fsp3) is 0.0455. The van der Waals surface area contributed by atoms with Crippen molar-refractivity contribution >= 4 is 16.9 Å². The van der Waals surface area contributed by atoms with Crippen LogP contribution in [0.5, 0.6) is 23.0 Å². The zero-order valence-corrected chi connectivity index (χ0v) is 15.3. The van der Waals surface area contributed by atoms with Gasteiger partial charge in [0, 0.05) is 24.5 Å². The van der Waals surface area contributed by atoms with Crippen LogP contribution < -0.4 is 19.6 Å². The molecule has 0 bridgehead atoms. The van der Waals surface area contributed by atoms with E-state index < -0.39 is 5.97 Å². The number of aromatic nitrogens is 1. The van der Waals surface area contributed by atoms with Gasteiger partial charge in [-0.15, -0.1) is 0 Å². The highest BCUT2D eigenvalue weighted by Crippen LogP contribution is 2.26. The summed E-state index contributed by atoms with van der Waals surface area (Å²) in [4.78, 5) is 28.7. The number of rotatable bonds is 5. The highest BCUT2D eigenvalue weighted by Gasteiger charge is 2.13. The van der Waals surface area contributed by atoms with Gasteiger partial charge >= 0.3 is 5.97 Å². The molecule has 0 spiro atoms. The number of carbonyl (C=O) groups excluding carboxylic acids is 1. The Labute approximate surface area is 165 Å². The van der Waals surface area contributed by atoms with Crippen molar-refractivity contribution in [3.63, 3.8) is 0 Å². The summed E-state index contributed by atoms with van der Waals surface area (Å²) in [6.45, 7) is 0. The van der Waals surface area contributed by atoms with Crippen LogP contribution in [0.4, 0.5) is 0 Å². The molecule has 4 rings (SSSR count). The molecule has 7 heteroatoms. The second-order valence-corrected chi connectivity index (χ2v) is 5.99. The van der Waals surface area contributed by atoms with Gasteiger partial charge in [-0.1, -0.05) is 6.07 Å². The Kier molecular flexibility index (Phi) is 4.94. The number of nitrogens with zero attached hydrogens (tertiary/aromatic N) is 1. The molecule has 29 heavy (non-hydrogen) atoms. The summed E-state index contributed by atoms with van der Waals surface area (Å²) in [6.07, 6.45) is 4.22. The lowest BCUT2D eigenvalue weighted by Gasteiger charge is -2.08. The standard InChI is InChI=1S/C22H15NO6/c1-26-15-3-2-4-16(11-15)28-20-13-27-19-12-17(5-6-18(19)21(20)24)29-22(25)14-7-9-23-10-8-14/h2-13H,1H3. The predicted molar refractivity (Wildman–Crippen MR) is 105 cm³/mol. The molecule has 0 unspecified atom stereocenters. The van der Waals surface area contributed by atoms with Gasteiger partial charge in [-0.3, -0.25) is 9.78 Å². The van der Waals surface area contributed by atoms with Crippen molar-refractivity contribution in [3.8, 4) is 23.0 Å². The minimum Gasteiger partial charge on any atom is -0.497 e. The van der Waals surface area contributed by atoms with E-state index in [1.165, 1.54) is 36.9 Å². The van der Waals surface area contributed by atoms with Gasteiger partial charge in [0.05, 0.1) is 18.1 Å². The fourth-order valence-electron chi connectivity index (χ4n) is 2.67. The van der Waals surface area contributed by atoms with Crippen LogP contribution in [0.15, 0.2) is 82.5 Å². The zero-order chi connectivity index (χ0) is 20.2. The molecule has 0 aliphatic carbocycles. The maximum atomic E-state index is 12.7. The lowest BCUT2D eigenvalue weighted by Crippen LogP contribution is -2.09. The lowest BCUT2D eigenvalue weighted by atomic mass is 10.2. The smallest absolute Gasteiger partial charge is 0.343 e. The maximum Gasteiger partial charge on any atom is 0.343 e. The van der Waals surface area contributed by atoms with Crippen LogP contribution in [0.25, 0.3) is 11.0 Å². The molecule has 0 fully saturated rings. The molecule has 0 amide bonds. The van der Waals surface area contributed by atoms with Crippen LogP contribution in [-0.4, -0.2) is 18.1 Å². The minimum absolute atomic E-state index is 0.0345. The first-order valence-corrected chi connectivity index (χ1v) is 8.64. The first-order valence-electron chi connectivity index (χ1n) is 8.64. The molecule has 2 heterocycles. The van der Waals surface area contributed by atoms with Crippen molar-refractivity contribution in [1.82, 2.24) is 4.98 Å². The number of carbonyl (C=O) groups is 1. The van der Waals surface area contributed by atoms with Gasteiger partial charge in [-0.25, -0.2) is 4.79 Å². The number of fused-ring (bicyclic) bond motifs is 1. The number of hydrogen-bond acceptors (Lipinski definition) is 7. The number of pyridine rings is 1. The molecule has 4 aromatic rings. The predicted octanol–water partition coefficient (Wildman–Crippen LogP) is 4.21. The molecule has 0 atom stereocenters. The van der Waals surface area contributed by atoms with Crippen LogP contribution in [0.2, 0.25) is 0 Å². The van der Waals surface area contributed by atoms with Gasteiger partial charge < -0.3 is 18.6 Å². The Balaban J connectivity index is 1.60. The molecule has 0 aliphatic rings. The normalized spacial score (nSPS) is 10.5. The number of benzene rings is 2. The van der Waals surface area contributed by atoms with E-state index in [4.69, 9.17) is 18.6 Å². The van der Waals surface area contributed by atoms with Crippen molar-refractivity contribution in [2.24, 2.45) is 0 Å². The molecule has 0 aliphatic heterocycles. The zero-order valence-electron chi connectivity index (χ0n) is 15.3. The highest BCUT2D eigenvalue weighted by atomic mass is 16.5. The Morgan fingerprint density at radius 1 is 0.966 bits per heavy atom. The Morgan fingerprint density at radius 2 is 1.76 bits per heavy atom. The SMILES string of the molecule is COc1cccc(Oc2coc3cc(OC(=O)c4ccncc4)ccc3c2=O)c1. The van der Waals surface area contributed by atoms with Crippen molar-refractivity contribution in [3.05, 3.63) is 89.0 Å². The highest BCUT2D eigenvalue weighted by molar-refractivity contribution is 5.91. The van der Waals surface area contributed by atoms with Crippen molar-refractivity contribution < 1.29 is 23.4 Å². The quantitative estimate of drug-likeness (QED) is 0.373. The molecular weight excluding hydrogens is 374 g/mol. The third-order valence-electron chi connectivity index (χ3n) is 4.11. The van der Waals surface area contributed by atoms with E-state index in [0.717, 1.165) is 0 Å².